The molecule has 1 atom stereocenters. The van der Waals surface area contributed by atoms with E-state index in [0.717, 1.165) is 0 Å². The van der Waals surface area contributed by atoms with Crippen LogP contribution >= 0.6 is 11.6 Å². The third kappa shape index (κ3) is 3.08. The summed E-state index contributed by atoms with van der Waals surface area (Å²) in [4.78, 5) is 11.2. The van der Waals surface area contributed by atoms with Crippen molar-refractivity contribution in [2.24, 2.45) is 0 Å². The van der Waals surface area contributed by atoms with Crippen LogP contribution in [0.3, 0.4) is 0 Å². The van der Waals surface area contributed by atoms with Gasteiger partial charge in [0.1, 0.15) is 10.5 Å². The van der Waals surface area contributed by atoms with Crippen molar-refractivity contribution in [3.8, 4) is 5.88 Å². The SMILES string of the molecule is COc1cccc([C@@H](C)NS(=O)(=O)c2c[nH]c3nccc(Cl)c23)n1. The first-order valence-electron chi connectivity index (χ1n) is 7.07. The Bertz CT molecular complexity index is 987. The third-order valence-electron chi connectivity index (χ3n) is 3.51. The van der Waals surface area contributed by atoms with Gasteiger partial charge in [-0.3, -0.25) is 0 Å². The molecule has 0 fully saturated rings. The largest absolute Gasteiger partial charge is 0.481 e. The fourth-order valence-electron chi connectivity index (χ4n) is 2.34. The zero-order valence-electron chi connectivity index (χ0n) is 12.9. The molecule has 3 heterocycles. The zero-order valence-corrected chi connectivity index (χ0v) is 14.5. The van der Waals surface area contributed by atoms with Crippen LogP contribution in [0.5, 0.6) is 5.88 Å². The van der Waals surface area contributed by atoms with Crippen LogP contribution in [0.1, 0.15) is 18.7 Å². The summed E-state index contributed by atoms with van der Waals surface area (Å²) < 4.78 is 33.1. The van der Waals surface area contributed by atoms with Gasteiger partial charge in [-0.05, 0) is 19.1 Å². The molecule has 2 N–H and O–H groups in total. The highest BCUT2D eigenvalue weighted by molar-refractivity contribution is 7.89. The Morgan fingerprint density at radius 1 is 1.33 bits per heavy atom. The van der Waals surface area contributed by atoms with Gasteiger partial charge in [0.05, 0.1) is 29.3 Å². The van der Waals surface area contributed by atoms with Crippen LogP contribution in [-0.4, -0.2) is 30.5 Å². The van der Waals surface area contributed by atoms with Crippen LogP contribution in [-0.2, 0) is 10.0 Å². The van der Waals surface area contributed by atoms with Gasteiger partial charge in [-0.2, -0.15) is 0 Å². The van der Waals surface area contributed by atoms with E-state index in [1.807, 2.05) is 0 Å². The fourth-order valence-corrected chi connectivity index (χ4v) is 4.05. The van der Waals surface area contributed by atoms with E-state index in [1.54, 1.807) is 31.2 Å². The average Bonchev–Trinajstić information content (AvgIpc) is 3.01. The zero-order chi connectivity index (χ0) is 17.3. The molecule has 0 saturated heterocycles. The van der Waals surface area contributed by atoms with E-state index in [4.69, 9.17) is 16.3 Å². The summed E-state index contributed by atoms with van der Waals surface area (Å²) in [6, 6.07) is 6.16. The first-order chi connectivity index (χ1) is 11.4. The molecule has 0 saturated carbocycles. The summed E-state index contributed by atoms with van der Waals surface area (Å²) in [5.74, 6) is 0.415. The van der Waals surface area contributed by atoms with Gasteiger partial charge in [0, 0.05) is 18.5 Å². The Morgan fingerprint density at radius 3 is 2.88 bits per heavy atom. The molecule has 0 aromatic carbocycles. The van der Waals surface area contributed by atoms with Crippen LogP contribution in [0.2, 0.25) is 5.02 Å². The van der Waals surface area contributed by atoms with E-state index < -0.39 is 16.1 Å². The number of H-pyrrole nitrogens is 1. The lowest BCUT2D eigenvalue weighted by Gasteiger charge is -2.14. The molecule has 126 valence electrons. The quantitative estimate of drug-likeness (QED) is 0.723. The number of hydrogen-bond donors (Lipinski definition) is 2. The number of pyridine rings is 2. The third-order valence-corrected chi connectivity index (χ3v) is 5.39. The normalized spacial score (nSPS) is 13.1. The number of ether oxygens (including phenoxy) is 1. The molecule has 0 unspecified atom stereocenters. The van der Waals surface area contributed by atoms with Crippen molar-refractivity contribution in [3.63, 3.8) is 0 Å². The summed E-state index contributed by atoms with van der Waals surface area (Å²) in [5, 5.41) is 0.672. The van der Waals surface area contributed by atoms with Gasteiger partial charge in [0.2, 0.25) is 15.9 Å². The molecule has 0 spiro atoms. The molecule has 24 heavy (non-hydrogen) atoms. The molecule has 0 bridgehead atoms. The molecule has 3 aromatic heterocycles. The topological polar surface area (TPSA) is 97.0 Å². The van der Waals surface area contributed by atoms with Gasteiger partial charge in [-0.1, -0.05) is 17.7 Å². The predicted molar refractivity (Wildman–Crippen MR) is 90.6 cm³/mol. The first-order valence-corrected chi connectivity index (χ1v) is 8.93. The van der Waals surface area contributed by atoms with Crippen molar-refractivity contribution in [2.75, 3.05) is 7.11 Å². The molecule has 3 aromatic rings. The smallest absolute Gasteiger partial charge is 0.243 e. The Kier molecular flexibility index (Phi) is 4.44. The number of fused-ring (bicyclic) bond motifs is 1. The minimum Gasteiger partial charge on any atom is -0.481 e. The standard InChI is InChI=1S/C15H15ClN4O3S/c1-9(11-4-3-5-13(19-11)23-2)20-24(21,22)12-8-18-15-14(12)10(16)6-7-17-15/h3-9,20H,1-2H3,(H,17,18)/t9-/m1/s1. The van der Waals surface area contributed by atoms with Crippen molar-refractivity contribution in [1.82, 2.24) is 19.7 Å². The highest BCUT2D eigenvalue weighted by Gasteiger charge is 2.24. The maximum absolute atomic E-state index is 12.7. The van der Waals surface area contributed by atoms with E-state index in [1.165, 1.54) is 19.5 Å². The number of hydrogen-bond acceptors (Lipinski definition) is 5. The number of methoxy groups -OCH3 is 1. The highest BCUT2D eigenvalue weighted by Crippen LogP contribution is 2.29. The van der Waals surface area contributed by atoms with Crippen LogP contribution in [0.25, 0.3) is 11.0 Å². The molecule has 7 nitrogen and oxygen atoms in total. The summed E-state index contributed by atoms with van der Waals surface area (Å²) in [6.07, 6.45) is 2.88. The molecular formula is C15H15ClN4O3S. The molecular weight excluding hydrogens is 352 g/mol. The van der Waals surface area contributed by atoms with Crippen molar-refractivity contribution in [3.05, 3.63) is 47.4 Å². The van der Waals surface area contributed by atoms with Gasteiger partial charge < -0.3 is 9.72 Å². The van der Waals surface area contributed by atoms with E-state index in [2.05, 4.69) is 19.7 Å². The summed E-state index contributed by atoms with van der Waals surface area (Å²) in [5.41, 5.74) is 0.956. The second-order valence-corrected chi connectivity index (χ2v) is 7.21. The fraction of sp³-hybridized carbons (Fsp3) is 0.200. The van der Waals surface area contributed by atoms with Crippen molar-refractivity contribution in [1.29, 1.82) is 0 Å². The van der Waals surface area contributed by atoms with Crippen LogP contribution < -0.4 is 9.46 Å². The number of halogens is 1. The minimum atomic E-state index is -3.82. The Balaban J connectivity index is 1.95. The number of nitrogens with zero attached hydrogens (tertiary/aromatic N) is 2. The lowest BCUT2D eigenvalue weighted by Crippen LogP contribution is -2.27. The lowest BCUT2D eigenvalue weighted by molar-refractivity contribution is 0.394. The van der Waals surface area contributed by atoms with Gasteiger partial charge >= 0.3 is 0 Å². The molecule has 3 rings (SSSR count). The second-order valence-electron chi connectivity index (χ2n) is 5.12. The maximum Gasteiger partial charge on any atom is 0.243 e. The average molecular weight is 367 g/mol. The number of aromatic amines is 1. The minimum absolute atomic E-state index is 0.0466. The molecule has 0 aliphatic rings. The van der Waals surface area contributed by atoms with E-state index in [9.17, 15) is 8.42 Å². The second kappa shape index (κ2) is 6.39. The van der Waals surface area contributed by atoms with Crippen molar-refractivity contribution >= 4 is 32.7 Å². The predicted octanol–water partition coefficient (Wildman–Crippen LogP) is 2.66. The van der Waals surface area contributed by atoms with E-state index >= 15 is 0 Å². The highest BCUT2D eigenvalue weighted by atomic mass is 35.5. The van der Waals surface area contributed by atoms with Gasteiger partial charge in [-0.25, -0.2) is 23.1 Å². The molecule has 0 radical (unpaired) electrons. The van der Waals surface area contributed by atoms with E-state index in [-0.39, 0.29) is 4.90 Å². The van der Waals surface area contributed by atoms with Crippen LogP contribution in [0, 0.1) is 0 Å². The monoisotopic (exact) mass is 366 g/mol. The maximum atomic E-state index is 12.7. The van der Waals surface area contributed by atoms with Crippen molar-refractivity contribution in [2.45, 2.75) is 17.9 Å². The summed E-state index contributed by atoms with van der Waals surface area (Å²) in [7, 11) is -2.32. The van der Waals surface area contributed by atoms with Gasteiger partial charge in [0.25, 0.3) is 0 Å². The number of nitrogens with one attached hydrogen (secondary N) is 2. The Hall–Kier alpha value is -2.16. The van der Waals surface area contributed by atoms with E-state index in [0.29, 0.717) is 27.6 Å². The van der Waals surface area contributed by atoms with Gasteiger partial charge in [0.15, 0.2) is 0 Å². The molecule has 0 aliphatic heterocycles. The number of rotatable bonds is 5. The molecule has 0 aliphatic carbocycles. The summed E-state index contributed by atoms with van der Waals surface area (Å²) in [6.45, 7) is 1.70. The lowest BCUT2D eigenvalue weighted by atomic mass is 10.2. The number of sulfonamides is 1. The van der Waals surface area contributed by atoms with Crippen molar-refractivity contribution < 1.29 is 13.2 Å². The Labute approximate surface area is 144 Å². The van der Waals surface area contributed by atoms with Crippen LogP contribution in [0.4, 0.5) is 0 Å². The first kappa shape index (κ1) is 16.7. The van der Waals surface area contributed by atoms with Gasteiger partial charge in [-0.15, -0.1) is 0 Å². The van der Waals surface area contributed by atoms with Crippen LogP contribution in [0.15, 0.2) is 41.6 Å². The molecule has 0 amide bonds. The number of aromatic nitrogens is 3. The molecule has 9 heteroatoms. The Morgan fingerprint density at radius 2 is 2.12 bits per heavy atom. The summed E-state index contributed by atoms with van der Waals surface area (Å²) >= 11 is 6.12.